The molecule has 2 rings (SSSR count). The van der Waals surface area contributed by atoms with Crippen LogP contribution in [0.2, 0.25) is 0 Å². The number of nitrogens with zero attached hydrogens (tertiary/aromatic N) is 2. The Kier molecular flexibility index (Phi) is 4.60. The SMILES string of the molecule is Cc1ccc([N+](=O)[O-])cc1S(=O)(=O)N(CCO)C1CCC1. The number of nitro benzene ring substituents is 1. The van der Waals surface area contributed by atoms with E-state index in [9.17, 15) is 18.5 Å². The van der Waals surface area contributed by atoms with Gasteiger partial charge in [-0.15, -0.1) is 0 Å². The summed E-state index contributed by atoms with van der Waals surface area (Å²) in [5, 5.41) is 20.0. The number of aliphatic hydroxyl groups excluding tert-OH is 1. The molecule has 0 spiro atoms. The Morgan fingerprint density at radius 2 is 2.10 bits per heavy atom. The maximum absolute atomic E-state index is 12.7. The molecule has 0 atom stereocenters. The molecule has 0 saturated heterocycles. The third-order valence-electron chi connectivity index (χ3n) is 3.77. The van der Waals surface area contributed by atoms with Gasteiger partial charge in [0, 0.05) is 24.7 Å². The van der Waals surface area contributed by atoms with E-state index in [0.29, 0.717) is 5.56 Å². The Labute approximate surface area is 123 Å². The van der Waals surface area contributed by atoms with Crippen molar-refractivity contribution in [1.82, 2.24) is 4.31 Å². The summed E-state index contributed by atoms with van der Waals surface area (Å²) in [5.74, 6) is 0. The molecule has 116 valence electrons. The van der Waals surface area contributed by atoms with Crippen LogP contribution in [0.15, 0.2) is 23.1 Å². The average molecular weight is 314 g/mol. The van der Waals surface area contributed by atoms with E-state index in [1.165, 1.54) is 16.4 Å². The zero-order chi connectivity index (χ0) is 15.6. The van der Waals surface area contributed by atoms with Crippen LogP contribution in [0.1, 0.15) is 24.8 Å². The predicted molar refractivity (Wildman–Crippen MR) is 76.5 cm³/mol. The Morgan fingerprint density at radius 3 is 2.57 bits per heavy atom. The zero-order valence-corrected chi connectivity index (χ0v) is 12.5. The predicted octanol–water partition coefficient (Wildman–Crippen LogP) is 1.44. The van der Waals surface area contributed by atoms with E-state index in [0.717, 1.165) is 25.3 Å². The number of aryl methyl sites for hydroxylation is 1. The number of benzene rings is 1. The van der Waals surface area contributed by atoms with Gasteiger partial charge in [0.1, 0.15) is 0 Å². The standard InChI is InChI=1S/C13H18N2O5S/c1-10-5-6-12(15(17)18)9-13(10)21(19,20)14(7-8-16)11-3-2-4-11/h5-6,9,11,16H,2-4,7-8H2,1H3. The van der Waals surface area contributed by atoms with Gasteiger partial charge >= 0.3 is 0 Å². The average Bonchev–Trinajstić information content (AvgIpc) is 2.36. The highest BCUT2D eigenvalue weighted by molar-refractivity contribution is 7.89. The fourth-order valence-corrected chi connectivity index (χ4v) is 4.30. The van der Waals surface area contributed by atoms with Gasteiger partial charge in [0.05, 0.1) is 16.4 Å². The molecule has 1 saturated carbocycles. The highest BCUT2D eigenvalue weighted by Gasteiger charge is 2.35. The number of non-ortho nitro benzene ring substituents is 1. The first-order valence-corrected chi connectivity index (χ1v) is 8.19. The summed E-state index contributed by atoms with van der Waals surface area (Å²) in [6.45, 7) is 1.34. The van der Waals surface area contributed by atoms with Crippen LogP contribution in [-0.4, -0.2) is 41.9 Å². The molecule has 1 aromatic rings. The van der Waals surface area contributed by atoms with Gasteiger partial charge in [0.15, 0.2) is 0 Å². The highest BCUT2D eigenvalue weighted by atomic mass is 32.2. The van der Waals surface area contributed by atoms with Crippen LogP contribution in [0.3, 0.4) is 0 Å². The number of hydrogen-bond acceptors (Lipinski definition) is 5. The summed E-state index contributed by atoms with van der Waals surface area (Å²) in [5.41, 5.74) is 0.208. The van der Waals surface area contributed by atoms with E-state index in [1.54, 1.807) is 6.92 Å². The van der Waals surface area contributed by atoms with E-state index in [4.69, 9.17) is 5.11 Å². The van der Waals surface area contributed by atoms with Gasteiger partial charge in [-0.25, -0.2) is 8.42 Å². The molecule has 0 radical (unpaired) electrons. The Morgan fingerprint density at radius 1 is 1.43 bits per heavy atom. The van der Waals surface area contributed by atoms with E-state index >= 15 is 0 Å². The van der Waals surface area contributed by atoms with Gasteiger partial charge < -0.3 is 5.11 Å². The van der Waals surface area contributed by atoms with E-state index in [-0.39, 0.29) is 29.8 Å². The first-order valence-electron chi connectivity index (χ1n) is 6.75. The molecule has 1 aromatic carbocycles. The molecule has 0 bridgehead atoms. The maximum Gasteiger partial charge on any atom is 0.270 e. The third-order valence-corrected chi connectivity index (χ3v) is 5.87. The third kappa shape index (κ3) is 3.07. The normalized spacial score (nSPS) is 16.0. The van der Waals surface area contributed by atoms with Crippen molar-refractivity contribution in [3.05, 3.63) is 33.9 Å². The fraction of sp³-hybridized carbons (Fsp3) is 0.538. The lowest BCUT2D eigenvalue weighted by molar-refractivity contribution is -0.385. The lowest BCUT2D eigenvalue weighted by Gasteiger charge is -2.36. The van der Waals surface area contributed by atoms with Crippen LogP contribution < -0.4 is 0 Å². The molecule has 1 aliphatic carbocycles. The lowest BCUT2D eigenvalue weighted by Crippen LogP contribution is -2.45. The van der Waals surface area contributed by atoms with Gasteiger partial charge in [-0.3, -0.25) is 10.1 Å². The smallest absolute Gasteiger partial charge is 0.270 e. The summed E-state index contributed by atoms with van der Waals surface area (Å²) in [6.07, 6.45) is 2.47. The van der Waals surface area contributed by atoms with E-state index in [2.05, 4.69) is 0 Å². The van der Waals surface area contributed by atoms with Crippen molar-refractivity contribution in [1.29, 1.82) is 0 Å². The minimum Gasteiger partial charge on any atom is -0.395 e. The second kappa shape index (κ2) is 6.08. The van der Waals surface area contributed by atoms with E-state index < -0.39 is 14.9 Å². The Balaban J connectivity index is 2.45. The number of rotatable bonds is 6. The summed E-state index contributed by atoms with van der Waals surface area (Å²) in [6, 6.07) is 3.69. The van der Waals surface area contributed by atoms with Gasteiger partial charge in [-0.05, 0) is 25.3 Å². The Hall–Kier alpha value is -1.51. The monoisotopic (exact) mass is 314 g/mol. The van der Waals surface area contributed by atoms with Crippen LogP contribution in [0, 0.1) is 17.0 Å². The van der Waals surface area contributed by atoms with Crippen molar-refractivity contribution in [2.45, 2.75) is 37.1 Å². The lowest BCUT2D eigenvalue weighted by atomic mass is 9.93. The molecule has 0 heterocycles. The second-order valence-electron chi connectivity index (χ2n) is 5.13. The molecule has 0 aromatic heterocycles. The minimum atomic E-state index is -3.84. The molecular formula is C13H18N2O5S. The Bertz CT molecular complexity index is 640. The summed E-state index contributed by atoms with van der Waals surface area (Å²) in [7, 11) is -3.84. The van der Waals surface area contributed by atoms with Gasteiger partial charge in [-0.1, -0.05) is 12.5 Å². The van der Waals surface area contributed by atoms with Crippen molar-refractivity contribution in [3.8, 4) is 0 Å². The second-order valence-corrected chi connectivity index (χ2v) is 6.99. The molecule has 1 aliphatic rings. The van der Waals surface area contributed by atoms with E-state index in [1.807, 2.05) is 0 Å². The maximum atomic E-state index is 12.7. The number of sulfonamides is 1. The zero-order valence-electron chi connectivity index (χ0n) is 11.7. The fourth-order valence-electron chi connectivity index (χ4n) is 2.38. The van der Waals surface area contributed by atoms with Gasteiger partial charge in [0.2, 0.25) is 10.0 Å². The molecular weight excluding hydrogens is 296 g/mol. The molecule has 1 fully saturated rings. The quantitative estimate of drug-likeness (QED) is 0.632. The van der Waals surface area contributed by atoms with Crippen LogP contribution in [0.25, 0.3) is 0 Å². The molecule has 0 aliphatic heterocycles. The summed E-state index contributed by atoms with van der Waals surface area (Å²) < 4.78 is 26.8. The van der Waals surface area contributed by atoms with Crippen LogP contribution in [-0.2, 0) is 10.0 Å². The van der Waals surface area contributed by atoms with Crippen molar-refractivity contribution in [2.75, 3.05) is 13.2 Å². The molecule has 1 N–H and O–H groups in total. The van der Waals surface area contributed by atoms with Crippen LogP contribution in [0.4, 0.5) is 5.69 Å². The first kappa shape index (κ1) is 15.9. The summed E-state index contributed by atoms with van der Waals surface area (Å²) >= 11 is 0. The summed E-state index contributed by atoms with van der Waals surface area (Å²) in [4.78, 5) is 10.2. The number of aliphatic hydroxyl groups is 1. The van der Waals surface area contributed by atoms with Crippen molar-refractivity contribution in [2.24, 2.45) is 0 Å². The molecule has 8 heteroatoms. The van der Waals surface area contributed by atoms with Crippen LogP contribution >= 0.6 is 0 Å². The van der Waals surface area contributed by atoms with Gasteiger partial charge in [-0.2, -0.15) is 4.31 Å². The molecule has 0 unspecified atom stereocenters. The number of nitro groups is 1. The largest absolute Gasteiger partial charge is 0.395 e. The number of hydrogen-bond donors (Lipinski definition) is 1. The highest BCUT2D eigenvalue weighted by Crippen LogP contribution is 2.32. The van der Waals surface area contributed by atoms with Crippen molar-refractivity contribution < 1.29 is 18.4 Å². The molecule has 21 heavy (non-hydrogen) atoms. The molecule has 7 nitrogen and oxygen atoms in total. The first-order chi connectivity index (χ1) is 9.87. The van der Waals surface area contributed by atoms with Crippen molar-refractivity contribution >= 4 is 15.7 Å². The molecule has 0 amide bonds. The van der Waals surface area contributed by atoms with Crippen molar-refractivity contribution in [3.63, 3.8) is 0 Å². The minimum absolute atomic E-state index is 0.00906. The van der Waals surface area contributed by atoms with Gasteiger partial charge in [0.25, 0.3) is 5.69 Å². The topological polar surface area (TPSA) is 101 Å². The van der Waals surface area contributed by atoms with Crippen LogP contribution in [0.5, 0.6) is 0 Å².